The summed E-state index contributed by atoms with van der Waals surface area (Å²) in [6, 6.07) is 0.475. The molecule has 0 spiro atoms. The number of piperazine rings is 1. The van der Waals surface area contributed by atoms with Gasteiger partial charge in [0.05, 0.1) is 6.54 Å². The zero-order valence-electron chi connectivity index (χ0n) is 8.25. The van der Waals surface area contributed by atoms with Crippen LogP contribution in [-0.2, 0) is 4.79 Å². The zero-order chi connectivity index (χ0) is 9.26. The highest BCUT2D eigenvalue weighted by Gasteiger charge is 2.31. The lowest BCUT2D eigenvalue weighted by atomic mass is 9.79. The lowest BCUT2D eigenvalue weighted by Gasteiger charge is -2.41. The Morgan fingerprint density at radius 3 is 2.85 bits per heavy atom. The van der Waals surface area contributed by atoms with E-state index < -0.39 is 0 Å². The van der Waals surface area contributed by atoms with Gasteiger partial charge < -0.3 is 10.2 Å². The first-order valence-electron chi connectivity index (χ1n) is 5.29. The third-order valence-electron chi connectivity index (χ3n) is 3.45. The molecule has 74 valence electrons. The van der Waals surface area contributed by atoms with E-state index >= 15 is 0 Å². The van der Waals surface area contributed by atoms with E-state index in [1.54, 1.807) is 0 Å². The summed E-state index contributed by atoms with van der Waals surface area (Å²) in [5.74, 6) is 1.06. The highest BCUT2D eigenvalue weighted by molar-refractivity contribution is 5.79. The number of amides is 1. The largest absolute Gasteiger partial charge is 0.337 e. The summed E-state index contributed by atoms with van der Waals surface area (Å²) in [4.78, 5) is 13.6. The summed E-state index contributed by atoms with van der Waals surface area (Å²) in [6.45, 7) is 4.60. The number of carbonyl (C=O) groups is 1. The molecule has 2 aliphatic rings. The predicted molar refractivity (Wildman–Crippen MR) is 51.4 cm³/mol. The topological polar surface area (TPSA) is 32.3 Å². The molecule has 0 aromatic heterocycles. The lowest BCUT2D eigenvalue weighted by molar-refractivity contribution is -0.135. The molecule has 0 aromatic rings. The van der Waals surface area contributed by atoms with Crippen molar-refractivity contribution in [3.05, 3.63) is 0 Å². The fraction of sp³-hybridized carbons (Fsp3) is 0.900. The third kappa shape index (κ3) is 1.70. The van der Waals surface area contributed by atoms with Gasteiger partial charge in [-0.25, -0.2) is 0 Å². The molecular formula is C10H18N2O. The highest BCUT2D eigenvalue weighted by atomic mass is 16.2. The molecule has 1 aliphatic carbocycles. The van der Waals surface area contributed by atoms with Crippen LogP contribution in [0.3, 0.4) is 0 Å². The van der Waals surface area contributed by atoms with Crippen LogP contribution in [0.4, 0.5) is 0 Å². The smallest absolute Gasteiger partial charge is 0.236 e. The van der Waals surface area contributed by atoms with Gasteiger partial charge in [0.15, 0.2) is 0 Å². The molecule has 1 unspecified atom stereocenters. The Hall–Kier alpha value is -0.570. The molecule has 1 atom stereocenters. The van der Waals surface area contributed by atoms with Gasteiger partial charge in [-0.05, 0) is 25.7 Å². The van der Waals surface area contributed by atoms with E-state index in [2.05, 4.69) is 17.1 Å². The summed E-state index contributed by atoms with van der Waals surface area (Å²) in [5.41, 5.74) is 0. The van der Waals surface area contributed by atoms with E-state index in [-0.39, 0.29) is 5.91 Å². The van der Waals surface area contributed by atoms with E-state index in [0.29, 0.717) is 12.6 Å². The number of rotatable bonds is 2. The van der Waals surface area contributed by atoms with Crippen LogP contribution in [0.5, 0.6) is 0 Å². The van der Waals surface area contributed by atoms with Gasteiger partial charge in [0.25, 0.3) is 0 Å². The molecule has 0 radical (unpaired) electrons. The van der Waals surface area contributed by atoms with Gasteiger partial charge in [0.1, 0.15) is 0 Å². The van der Waals surface area contributed by atoms with Gasteiger partial charge in [0, 0.05) is 19.1 Å². The lowest BCUT2D eigenvalue weighted by Crippen LogP contribution is -2.54. The number of hydrogen-bond donors (Lipinski definition) is 1. The summed E-state index contributed by atoms with van der Waals surface area (Å²) in [5, 5.41) is 3.10. The Balaban J connectivity index is 1.92. The Morgan fingerprint density at radius 1 is 1.54 bits per heavy atom. The van der Waals surface area contributed by atoms with Crippen molar-refractivity contribution >= 4 is 5.91 Å². The molecular weight excluding hydrogens is 164 g/mol. The van der Waals surface area contributed by atoms with Gasteiger partial charge >= 0.3 is 0 Å². The average Bonchev–Trinajstić information content (AvgIpc) is 2.01. The van der Waals surface area contributed by atoms with Crippen LogP contribution < -0.4 is 5.32 Å². The normalized spacial score (nSPS) is 27.2. The second-order valence-corrected chi connectivity index (χ2v) is 4.20. The minimum atomic E-state index is 0.283. The van der Waals surface area contributed by atoms with Crippen LogP contribution in [0.15, 0.2) is 0 Å². The van der Waals surface area contributed by atoms with Crippen LogP contribution >= 0.6 is 0 Å². The molecule has 1 saturated heterocycles. The molecule has 13 heavy (non-hydrogen) atoms. The van der Waals surface area contributed by atoms with E-state index in [1.807, 2.05) is 0 Å². The first-order chi connectivity index (χ1) is 6.29. The van der Waals surface area contributed by atoms with Crippen molar-refractivity contribution in [1.82, 2.24) is 10.2 Å². The minimum Gasteiger partial charge on any atom is -0.337 e. The van der Waals surface area contributed by atoms with E-state index in [4.69, 9.17) is 0 Å². The Bertz CT molecular complexity index is 201. The standard InChI is InChI=1S/C10H18N2O/c1-8(9-3-2-4-9)12-6-5-11-7-10(12)13/h8-9,11H,2-7H2,1H3. The van der Waals surface area contributed by atoms with Crippen molar-refractivity contribution < 1.29 is 4.79 Å². The van der Waals surface area contributed by atoms with Gasteiger partial charge in [0.2, 0.25) is 5.91 Å². The molecule has 1 saturated carbocycles. The van der Waals surface area contributed by atoms with Gasteiger partial charge in [-0.1, -0.05) is 6.42 Å². The monoisotopic (exact) mass is 182 g/mol. The molecule has 2 rings (SSSR count). The zero-order valence-corrected chi connectivity index (χ0v) is 8.25. The Labute approximate surface area is 79.5 Å². The highest BCUT2D eigenvalue weighted by Crippen LogP contribution is 2.32. The average molecular weight is 182 g/mol. The Morgan fingerprint density at radius 2 is 2.31 bits per heavy atom. The number of nitrogens with one attached hydrogen (secondary N) is 1. The first kappa shape index (κ1) is 9.00. The Kier molecular flexibility index (Phi) is 2.54. The van der Waals surface area contributed by atoms with Gasteiger partial charge in [-0.2, -0.15) is 0 Å². The van der Waals surface area contributed by atoms with Crippen LogP contribution in [0.25, 0.3) is 0 Å². The number of carbonyl (C=O) groups excluding carboxylic acids is 1. The fourth-order valence-electron chi connectivity index (χ4n) is 2.23. The fourth-order valence-corrected chi connectivity index (χ4v) is 2.23. The van der Waals surface area contributed by atoms with Crippen LogP contribution in [-0.4, -0.2) is 36.5 Å². The molecule has 3 nitrogen and oxygen atoms in total. The maximum Gasteiger partial charge on any atom is 0.236 e. The summed E-state index contributed by atoms with van der Waals surface area (Å²) in [6.07, 6.45) is 3.99. The molecule has 3 heteroatoms. The molecule has 0 aromatic carbocycles. The molecule has 2 fully saturated rings. The van der Waals surface area contributed by atoms with Gasteiger partial charge in [-0.3, -0.25) is 4.79 Å². The summed E-state index contributed by atoms with van der Waals surface area (Å²) >= 11 is 0. The first-order valence-corrected chi connectivity index (χ1v) is 5.29. The summed E-state index contributed by atoms with van der Waals surface area (Å²) < 4.78 is 0. The molecule has 1 N–H and O–H groups in total. The molecule has 1 amide bonds. The predicted octanol–water partition coefficient (Wildman–Crippen LogP) is 0.607. The maximum absolute atomic E-state index is 11.5. The third-order valence-corrected chi connectivity index (χ3v) is 3.45. The van der Waals surface area contributed by atoms with Crippen LogP contribution in [0, 0.1) is 5.92 Å². The quantitative estimate of drug-likeness (QED) is 0.678. The molecule has 1 heterocycles. The van der Waals surface area contributed by atoms with Crippen LogP contribution in [0.1, 0.15) is 26.2 Å². The second-order valence-electron chi connectivity index (χ2n) is 4.20. The second kappa shape index (κ2) is 3.66. The van der Waals surface area contributed by atoms with Crippen molar-refractivity contribution in [3.8, 4) is 0 Å². The molecule has 1 aliphatic heterocycles. The molecule has 0 bridgehead atoms. The van der Waals surface area contributed by atoms with Crippen LogP contribution in [0.2, 0.25) is 0 Å². The van der Waals surface area contributed by atoms with Crippen molar-refractivity contribution in [1.29, 1.82) is 0 Å². The maximum atomic E-state index is 11.5. The van der Waals surface area contributed by atoms with Crippen molar-refractivity contribution in [2.45, 2.75) is 32.2 Å². The van der Waals surface area contributed by atoms with E-state index in [0.717, 1.165) is 19.0 Å². The number of nitrogens with zero attached hydrogens (tertiary/aromatic N) is 1. The SMILES string of the molecule is CC(C1CCC1)N1CCNCC1=O. The van der Waals surface area contributed by atoms with E-state index in [9.17, 15) is 4.79 Å². The van der Waals surface area contributed by atoms with E-state index in [1.165, 1.54) is 19.3 Å². The minimum absolute atomic E-state index is 0.283. The van der Waals surface area contributed by atoms with Gasteiger partial charge in [-0.15, -0.1) is 0 Å². The van der Waals surface area contributed by atoms with Crippen molar-refractivity contribution in [2.24, 2.45) is 5.92 Å². The van der Waals surface area contributed by atoms with Crippen molar-refractivity contribution in [3.63, 3.8) is 0 Å². The summed E-state index contributed by atoms with van der Waals surface area (Å²) in [7, 11) is 0. The number of hydrogen-bond acceptors (Lipinski definition) is 2. The van der Waals surface area contributed by atoms with Crippen molar-refractivity contribution in [2.75, 3.05) is 19.6 Å².